The van der Waals surface area contributed by atoms with Crippen molar-refractivity contribution in [1.82, 2.24) is 20.2 Å². The number of nitrogens with zero attached hydrogens (tertiary/aromatic N) is 2. The number of benzene rings is 2. The summed E-state index contributed by atoms with van der Waals surface area (Å²) in [4.78, 5) is 43.3. The minimum atomic E-state index is -0.200. The van der Waals surface area contributed by atoms with Crippen LogP contribution in [-0.2, 0) is 27.3 Å². The largest absolute Gasteiger partial charge is 0.493 e. The zero-order chi connectivity index (χ0) is 31.6. The fraction of sp³-hybridized carbons (Fsp3) is 0.500. The topological polar surface area (TPSA) is 139 Å². The van der Waals surface area contributed by atoms with Crippen molar-refractivity contribution in [3.8, 4) is 23.0 Å². The SMILES string of the molecule is COc1ccc(CCNC(=O)CCCCCn2c(SCC(=O)NC[C@H]3CCCO3)nc3cc4c(cc3c2=O)OCO4)cc1OC. The third kappa shape index (κ3) is 8.60. The molecule has 0 spiro atoms. The Morgan fingerprint density at radius 3 is 2.62 bits per heavy atom. The molecule has 1 fully saturated rings. The number of thioether (sulfide) groups is 1. The summed E-state index contributed by atoms with van der Waals surface area (Å²) < 4.78 is 28.8. The van der Waals surface area contributed by atoms with E-state index in [4.69, 9.17) is 28.7 Å². The average Bonchev–Trinajstić information content (AvgIpc) is 3.75. The predicted octanol–water partition coefficient (Wildman–Crippen LogP) is 3.45. The number of hydrogen-bond acceptors (Lipinski definition) is 10. The van der Waals surface area contributed by atoms with Crippen LogP contribution < -0.4 is 35.1 Å². The van der Waals surface area contributed by atoms with Crippen LogP contribution >= 0.6 is 11.8 Å². The van der Waals surface area contributed by atoms with Gasteiger partial charge >= 0.3 is 0 Å². The van der Waals surface area contributed by atoms with E-state index in [0.717, 1.165) is 31.4 Å². The van der Waals surface area contributed by atoms with Gasteiger partial charge in [-0.05, 0) is 55.9 Å². The zero-order valence-electron chi connectivity index (χ0n) is 25.7. The van der Waals surface area contributed by atoms with Crippen molar-refractivity contribution in [2.24, 2.45) is 0 Å². The van der Waals surface area contributed by atoms with Gasteiger partial charge in [-0.3, -0.25) is 19.0 Å². The minimum absolute atomic E-state index is 0.0126. The van der Waals surface area contributed by atoms with Crippen molar-refractivity contribution in [2.45, 2.75) is 62.8 Å². The van der Waals surface area contributed by atoms with E-state index in [1.54, 1.807) is 30.9 Å². The second-order valence-corrected chi connectivity index (χ2v) is 11.8. The Morgan fingerprint density at radius 2 is 1.84 bits per heavy atom. The van der Waals surface area contributed by atoms with Gasteiger partial charge < -0.3 is 34.3 Å². The molecule has 12 nitrogen and oxygen atoms in total. The average molecular weight is 641 g/mol. The quantitative estimate of drug-likeness (QED) is 0.136. The molecule has 1 aromatic heterocycles. The van der Waals surface area contributed by atoms with Crippen molar-refractivity contribution in [3.05, 3.63) is 46.2 Å². The lowest BCUT2D eigenvalue weighted by Crippen LogP contribution is -2.33. The molecule has 0 aliphatic carbocycles. The molecule has 45 heavy (non-hydrogen) atoms. The number of unbranched alkanes of at least 4 members (excludes halogenated alkanes) is 2. The maximum atomic E-state index is 13.6. The van der Waals surface area contributed by atoms with Crippen LogP contribution in [0.1, 0.15) is 44.1 Å². The van der Waals surface area contributed by atoms with E-state index < -0.39 is 0 Å². The van der Waals surface area contributed by atoms with Gasteiger partial charge in [0.2, 0.25) is 18.6 Å². The van der Waals surface area contributed by atoms with Gasteiger partial charge in [0, 0.05) is 38.7 Å². The molecule has 0 saturated carbocycles. The molecule has 5 rings (SSSR count). The Morgan fingerprint density at radius 1 is 1.02 bits per heavy atom. The van der Waals surface area contributed by atoms with E-state index in [1.165, 1.54) is 11.8 Å². The molecule has 3 aromatic rings. The maximum absolute atomic E-state index is 13.6. The lowest BCUT2D eigenvalue weighted by Gasteiger charge is -2.14. The summed E-state index contributed by atoms with van der Waals surface area (Å²) in [7, 11) is 3.19. The number of methoxy groups -OCH3 is 2. The fourth-order valence-corrected chi connectivity index (χ4v) is 6.17. The highest BCUT2D eigenvalue weighted by Gasteiger charge is 2.20. The molecule has 2 aromatic carbocycles. The van der Waals surface area contributed by atoms with E-state index >= 15 is 0 Å². The van der Waals surface area contributed by atoms with E-state index in [1.807, 2.05) is 18.2 Å². The Labute approximate surface area is 266 Å². The zero-order valence-corrected chi connectivity index (χ0v) is 26.5. The van der Waals surface area contributed by atoms with Crippen LogP contribution in [0.2, 0.25) is 0 Å². The monoisotopic (exact) mass is 640 g/mol. The van der Waals surface area contributed by atoms with Crippen LogP contribution in [0.3, 0.4) is 0 Å². The number of aromatic nitrogens is 2. The Hall–Kier alpha value is -3.97. The number of ether oxygens (including phenoxy) is 5. The molecule has 1 saturated heterocycles. The highest BCUT2D eigenvalue weighted by Crippen LogP contribution is 2.35. The Balaban J connectivity index is 1.13. The molecule has 1 atom stereocenters. The highest BCUT2D eigenvalue weighted by atomic mass is 32.2. The van der Waals surface area contributed by atoms with Crippen LogP contribution in [0.4, 0.5) is 0 Å². The van der Waals surface area contributed by atoms with Crippen molar-refractivity contribution >= 4 is 34.5 Å². The molecular formula is C32H40N4O8S. The van der Waals surface area contributed by atoms with Crippen LogP contribution in [-0.4, -0.2) is 73.9 Å². The third-order valence-electron chi connectivity index (χ3n) is 7.77. The smallest absolute Gasteiger partial charge is 0.262 e. The van der Waals surface area contributed by atoms with Gasteiger partial charge in [0.05, 0.1) is 37.0 Å². The summed E-state index contributed by atoms with van der Waals surface area (Å²) in [5.74, 6) is 2.35. The van der Waals surface area contributed by atoms with E-state index in [2.05, 4.69) is 10.6 Å². The van der Waals surface area contributed by atoms with Crippen molar-refractivity contribution in [3.63, 3.8) is 0 Å². The van der Waals surface area contributed by atoms with E-state index in [-0.39, 0.29) is 36.0 Å². The van der Waals surface area contributed by atoms with Gasteiger partial charge in [-0.2, -0.15) is 0 Å². The Bertz CT molecular complexity index is 1560. The third-order valence-corrected chi connectivity index (χ3v) is 8.74. The lowest BCUT2D eigenvalue weighted by atomic mass is 10.1. The Kier molecular flexibility index (Phi) is 11.4. The minimum Gasteiger partial charge on any atom is -0.493 e. The normalized spacial score (nSPS) is 15.3. The number of nitrogens with one attached hydrogen (secondary N) is 2. The first-order valence-electron chi connectivity index (χ1n) is 15.3. The van der Waals surface area contributed by atoms with Crippen molar-refractivity contribution in [2.75, 3.05) is 46.5 Å². The second-order valence-electron chi connectivity index (χ2n) is 10.9. The molecular weight excluding hydrogens is 600 g/mol. The van der Waals surface area contributed by atoms with Gasteiger partial charge in [-0.15, -0.1) is 0 Å². The molecule has 242 valence electrons. The number of carbonyl (C=O) groups is 2. The van der Waals surface area contributed by atoms with Crippen LogP contribution in [0.15, 0.2) is 40.3 Å². The number of hydrogen-bond donors (Lipinski definition) is 2. The molecule has 13 heteroatoms. The van der Waals surface area contributed by atoms with E-state index in [9.17, 15) is 14.4 Å². The van der Waals surface area contributed by atoms with Gasteiger partial charge in [-0.25, -0.2) is 4.98 Å². The summed E-state index contributed by atoms with van der Waals surface area (Å²) in [6, 6.07) is 9.09. The summed E-state index contributed by atoms with van der Waals surface area (Å²) in [5, 5.41) is 6.79. The number of amides is 2. The van der Waals surface area contributed by atoms with Crippen molar-refractivity contribution in [1.29, 1.82) is 0 Å². The number of fused-ring (bicyclic) bond motifs is 2. The van der Waals surface area contributed by atoms with Crippen LogP contribution in [0.25, 0.3) is 10.9 Å². The second kappa shape index (κ2) is 15.8. The lowest BCUT2D eigenvalue weighted by molar-refractivity contribution is -0.121. The summed E-state index contributed by atoms with van der Waals surface area (Å²) in [6.07, 6.45) is 5.19. The first kappa shape index (κ1) is 32.4. The molecule has 2 aliphatic heterocycles. The van der Waals surface area contributed by atoms with Gasteiger partial charge in [0.1, 0.15) is 0 Å². The highest BCUT2D eigenvalue weighted by molar-refractivity contribution is 7.99. The van der Waals surface area contributed by atoms with E-state index in [0.29, 0.717) is 84.4 Å². The fourth-order valence-electron chi connectivity index (χ4n) is 5.32. The molecule has 2 N–H and O–H groups in total. The number of rotatable bonds is 16. The van der Waals surface area contributed by atoms with Crippen LogP contribution in [0.5, 0.6) is 23.0 Å². The molecule has 3 heterocycles. The first-order valence-corrected chi connectivity index (χ1v) is 16.3. The summed E-state index contributed by atoms with van der Waals surface area (Å²) in [6.45, 7) is 2.23. The van der Waals surface area contributed by atoms with Gasteiger partial charge in [0.25, 0.3) is 5.56 Å². The van der Waals surface area contributed by atoms with Crippen molar-refractivity contribution < 1.29 is 33.3 Å². The van der Waals surface area contributed by atoms with Crippen LogP contribution in [0, 0.1) is 0 Å². The molecule has 2 amide bonds. The first-order chi connectivity index (χ1) is 21.9. The van der Waals surface area contributed by atoms with Gasteiger partial charge in [-0.1, -0.05) is 24.2 Å². The standard InChI is InChI=1S/C32H40N4O8S/c1-40-25-10-9-21(15-26(25)41-2)11-12-33-29(37)8-4-3-5-13-36-31(39)23-16-27-28(44-20-43-27)17-24(23)35-32(36)45-19-30(38)34-18-22-7-6-14-42-22/h9-10,15-17,22H,3-8,11-14,18-20H2,1-2H3,(H,33,37)(H,34,38)/t22-/m1/s1. The molecule has 0 radical (unpaired) electrons. The number of carbonyl (C=O) groups excluding carboxylic acids is 2. The summed E-state index contributed by atoms with van der Waals surface area (Å²) in [5.41, 5.74) is 1.33. The van der Waals surface area contributed by atoms with Gasteiger partial charge in [0.15, 0.2) is 28.2 Å². The molecule has 2 aliphatic rings. The molecule has 0 bridgehead atoms. The predicted molar refractivity (Wildman–Crippen MR) is 170 cm³/mol. The maximum Gasteiger partial charge on any atom is 0.262 e. The molecule has 0 unspecified atom stereocenters. The summed E-state index contributed by atoms with van der Waals surface area (Å²) >= 11 is 1.23.